The van der Waals surface area contributed by atoms with E-state index in [2.05, 4.69) is 15.6 Å². The van der Waals surface area contributed by atoms with Crippen molar-refractivity contribution in [2.24, 2.45) is 0 Å². The Morgan fingerprint density at radius 3 is 2.66 bits per heavy atom. The maximum absolute atomic E-state index is 12.0. The molecule has 0 aliphatic carbocycles. The highest BCUT2D eigenvalue weighted by molar-refractivity contribution is 6.31. The molecule has 6 nitrogen and oxygen atoms in total. The van der Waals surface area contributed by atoms with Crippen LogP contribution in [-0.4, -0.2) is 23.3 Å². The predicted octanol–water partition coefficient (Wildman–Crippen LogP) is 4.38. The molecule has 0 aliphatic heterocycles. The van der Waals surface area contributed by atoms with Gasteiger partial charge < -0.3 is 15.1 Å². The SMILES string of the molecule is Cc1c(Cl)cccc1NC(=O)CNC(=O)CCCc1ncc(-c2ccccc2)o1. The van der Waals surface area contributed by atoms with Gasteiger partial charge in [-0.05, 0) is 31.0 Å². The first-order valence-electron chi connectivity index (χ1n) is 9.34. The summed E-state index contributed by atoms with van der Waals surface area (Å²) in [5.74, 6) is 0.797. The average Bonchev–Trinajstić information content (AvgIpc) is 3.19. The van der Waals surface area contributed by atoms with Crippen molar-refractivity contribution in [1.82, 2.24) is 10.3 Å². The molecule has 0 radical (unpaired) electrons. The van der Waals surface area contributed by atoms with Gasteiger partial charge in [0, 0.05) is 29.1 Å². The van der Waals surface area contributed by atoms with Crippen molar-refractivity contribution in [2.45, 2.75) is 26.2 Å². The van der Waals surface area contributed by atoms with E-state index >= 15 is 0 Å². The summed E-state index contributed by atoms with van der Waals surface area (Å²) in [4.78, 5) is 28.2. The Balaban J connectivity index is 1.38. The number of hydrogen-bond acceptors (Lipinski definition) is 4. The molecule has 1 aromatic heterocycles. The lowest BCUT2D eigenvalue weighted by Gasteiger charge is -2.10. The van der Waals surface area contributed by atoms with Crippen molar-refractivity contribution in [2.75, 3.05) is 11.9 Å². The number of nitrogens with one attached hydrogen (secondary N) is 2. The molecule has 3 aromatic rings. The molecule has 7 heteroatoms. The monoisotopic (exact) mass is 411 g/mol. The number of hydrogen-bond donors (Lipinski definition) is 2. The van der Waals surface area contributed by atoms with Crippen LogP contribution in [0.2, 0.25) is 5.02 Å². The van der Waals surface area contributed by atoms with Crippen molar-refractivity contribution >= 4 is 29.1 Å². The van der Waals surface area contributed by atoms with Crippen LogP contribution in [0.15, 0.2) is 59.1 Å². The minimum Gasteiger partial charge on any atom is -0.441 e. The fourth-order valence-corrected chi connectivity index (χ4v) is 2.94. The van der Waals surface area contributed by atoms with Crippen LogP contribution in [0, 0.1) is 6.92 Å². The Hall–Kier alpha value is -3.12. The summed E-state index contributed by atoms with van der Waals surface area (Å²) in [6, 6.07) is 15.0. The molecule has 2 amide bonds. The largest absolute Gasteiger partial charge is 0.441 e. The minimum atomic E-state index is -0.302. The molecule has 0 saturated heterocycles. The van der Waals surface area contributed by atoms with Gasteiger partial charge in [0.15, 0.2) is 11.7 Å². The van der Waals surface area contributed by atoms with E-state index in [9.17, 15) is 9.59 Å². The summed E-state index contributed by atoms with van der Waals surface area (Å²) in [7, 11) is 0. The summed E-state index contributed by atoms with van der Waals surface area (Å²) >= 11 is 6.04. The van der Waals surface area contributed by atoms with Crippen LogP contribution in [0.1, 0.15) is 24.3 Å². The van der Waals surface area contributed by atoms with E-state index in [-0.39, 0.29) is 24.8 Å². The van der Waals surface area contributed by atoms with Crippen LogP contribution in [0.5, 0.6) is 0 Å². The summed E-state index contributed by atoms with van der Waals surface area (Å²) in [5, 5.41) is 5.94. The first kappa shape index (κ1) is 20.6. The smallest absolute Gasteiger partial charge is 0.243 e. The average molecular weight is 412 g/mol. The minimum absolute atomic E-state index is 0.0953. The first-order valence-corrected chi connectivity index (χ1v) is 9.72. The number of anilines is 1. The molecule has 29 heavy (non-hydrogen) atoms. The Morgan fingerprint density at radius 1 is 1.07 bits per heavy atom. The maximum Gasteiger partial charge on any atom is 0.243 e. The lowest BCUT2D eigenvalue weighted by Crippen LogP contribution is -2.32. The molecule has 0 bridgehead atoms. The number of aryl methyl sites for hydroxylation is 1. The molecular weight excluding hydrogens is 390 g/mol. The standard InChI is InChI=1S/C22H22ClN3O3/c1-15-17(23)9-5-10-18(15)26-21(28)14-24-20(27)11-6-12-22-25-13-19(29-22)16-7-3-2-4-8-16/h2-5,7-10,13H,6,11-12,14H2,1H3,(H,24,27)(H,26,28). The number of carbonyl (C=O) groups is 2. The van der Waals surface area contributed by atoms with Crippen LogP contribution >= 0.6 is 11.6 Å². The van der Waals surface area contributed by atoms with Gasteiger partial charge >= 0.3 is 0 Å². The number of rotatable bonds is 8. The summed E-state index contributed by atoms with van der Waals surface area (Å²) in [5.41, 5.74) is 2.38. The first-order chi connectivity index (χ1) is 14.0. The van der Waals surface area contributed by atoms with Gasteiger partial charge in [-0.15, -0.1) is 0 Å². The Morgan fingerprint density at radius 2 is 1.86 bits per heavy atom. The lowest BCUT2D eigenvalue weighted by atomic mass is 10.2. The van der Waals surface area contributed by atoms with Crippen LogP contribution in [0.4, 0.5) is 5.69 Å². The number of carbonyl (C=O) groups excluding carboxylic acids is 2. The second-order valence-electron chi connectivity index (χ2n) is 6.58. The molecule has 2 aromatic carbocycles. The second-order valence-corrected chi connectivity index (χ2v) is 6.98. The number of oxazole rings is 1. The van der Waals surface area contributed by atoms with E-state index in [0.29, 0.717) is 35.2 Å². The van der Waals surface area contributed by atoms with E-state index < -0.39 is 0 Å². The van der Waals surface area contributed by atoms with Crippen LogP contribution < -0.4 is 10.6 Å². The Labute approximate surface area is 174 Å². The highest BCUT2D eigenvalue weighted by Crippen LogP contribution is 2.23. The van der Waals surface area contributed by atoms with Crippen molar-refractivity contribution in [3.63, 3.8) is 0 Å². The molecule has 0 atom stereocenters. The topological polar surface area (TPSA) is 84.2 Å². The molecule has 0 unspecified atom stereocenters. The van der Waals surface area contributed by atoms with Gasteiger partial charge in [0.2, 0.25) is 11.8 Å². The molecule has 0 saturated carbocycles. The Kier molecular flexibility index (Phi) is 7.03. The fourth-order valence-electron chi connectivity index (χ4n) is 2.77. The zero-order valence-corrected chi connectivity index (χ0v) is 16.8. The molecule has 0 spiro atoms. The maximum atomic E-state index is 12.0. The summed E-state index contributed by atoms with van der Waals surface area (Å²) in [6.07, 6.45) is 3.10. The van der Waals surface area contributed by atoms with Gasteiger partial charge in [-0.2, -0.15) is 0 Å². The molecule has 0 aliphatic rings. The highest BCUT2D eigenvalue weighted by atomic mass is 35.5. The van der Waals surface area contributed by atoms with E-state index in [4.69, 9.17) is 16.0 Å². The van der Waals surface area contributed by atoms with Crippen LogP contribution in [0.3, 0.4) is 0 Å². The fraction of sp³-hybridized carbons (Fsp3) is 0.227. The van der Waals surface area contributed by atoms with E-state index in [0.717, 1.165) is 11.1 Å². The predicted molar refractivity (Wildman–Crippen MR) is 113 cm³/mol. The van der Waals surface area contributed by atoms with Gasteiger partial charge in [0.05, 0.1) is 12.7 Å². The number of benzene rings is 2. The quantitative estimate of drug-likeness (QED) is 0.576. The summed E-state index contributed by atoms with van der Waals surface area (Å²) < 4.78 is 5.72. The Bertz CT molecular complexity index is 986. The third-order valence-corrected chi connectivity index (χ3v) is 4.80. The number of amides is 2. The molecule has 1 heterocycles. The van der Waals surface area contributed by atoms with E-state index in [1.54, 1.807) is 24.4 Å². The number of aromatic nitrogens is 1. The van der Waals surface area contributed by atoms with Gasteiger partial charge in [0.25, 0.3) is 0 Å². The highest BCUT2D eigenvalue weighted by Gasteiger charge is 2.10. The lowest BCUT2D eigenvalue weighted by molar-refractivity contribution is -0.124. The van der Waals surface area contributed by atoms with Gasteiger partial charge in [-0.3, -0.25) is 9.59 Å². The van der Waals surface area contributed by atoms with E-state index in [1.165, 1.54) is 0 Å². The number of halogens is 1. The zero-order chi connectivity index (χ0) is 20.6. The third-order valence-electron chi connectivity index (χ3n) is 4.39. The van der Waals surface area contributed by atoms with E-state index in [1.807, 2.05) is 37.3 Å². The zero-order valence-electron chi connectivity index (χ0n) is 16.1. The van der Waals surface area contributed by atoms with Crippen molar-refractivity contribution in [3.05, 3.63) is 71.2 Å². The van der Waals surface area contributed by atoms with Crippen LogP contribution in [-0.2, 0) is 16.0 Å². The number of nitrogens with zero attached hydrogens (tertiary/aromatic N) is 1. The second kappa shape index (κ2) is 9.89. The van der Waals surface area contributed by atoms with Gasteiger partial charge in [-0.25, -0.2) is 4.98 Å². The van der Waals surface area contributed by atoms with Crippen molar-refractivity contribution in [1.29, 1.82) is 0 Å². The molecule has 0 fully saturated rings. The molecule has 150 valence electrons. The third kappa shape index (κ3) is 5.93. The molecule has 3 rings (SSSR count). The summed E-state index contributed by atoms with van der Waals surface area (Å²) in [6.45, 7) is 1.73. The van der Waals surface area contributed by atoms with Crippen LogP contribution in [0.25, 0.3) is 11.3 Å². The van der Waals surface area contributed by atoms with Crippen molar-refractivity contribution in [3.8, 4) is 11.3 Å². The molecular formula is C22H22ClN3O3. The van der Waals surface area contributed by atoms with Gasteiger partial charge in [0.1, 0.15) is 0 Å². The normalized spacial score (nSPS) is 10.6. The molecule has 2 N–H and O–H groups in total. The van der Waals surface area contributed by atoms with Gasteiger partial charge in [-0.1, -0.05) is 48.0 Å². The van der Waals surface area contributed by atoms with Crippen molar-refractivity contribution < 1.29 is 14.0 Å².